The molecule has 18 heavy (non-hydrogen) atoms. The summed E-state index contributed by atoms with van der Waals surface area (Å²) >= 11 is 0. The van der Waals surface area contributed by atoms with Crippen molar-refractivity contribution < 1.29 is 9.18 Å². The number of hydrogen-bond acceptors (Lipinski definition) is 2. The fraction of sp³-hybridized carbons (Fsp3) is 0.462. The second-order valence-corrected chi connectivity index (χ2v) is 4.46. The molecule has 1 amide bonds. The molecule has 0 radical (unpaired) electrons. The zero-order valence-corrected chi connectivity index (χ0v) is 11.1. The topological polar surface area (TPSA) is 41.1 Å². The summed E-state index contributed by atoms with van der Waals surface area (Å²) in [6.07, 6.45) is 1.90. The van der Waals surface area contributed by atoms with E-state index in [9.17, 15) is 9.18 Å². The van der Waals surface area contributed by atoms with E-state index in [1.807, 2.05) is 0 Å². The summed E-state index contributed by atoms with van der Waals surface area (Å²) in [6.45, 7) is 3.54. The van der Waals surface area contributed by atoms with E-state index >= 15 is 0 Å². The van der Waals surface area contributed by atoms with Gasteiger partial charge in [0.2, 0.25) is 0 Å². The molecule has 100 valence electrons. The molecule has 0 unspecified atom stereocenters. The quantitative estimate of drug-likeness (QED) is 0.865. The molecule has 1 fully saturated rings. The smallest absolute Gasteiger partial charge is 0.251 e. The maximum Gasteiger partial charge on any atom is 0.251 e. The summed E-state index contributed by atoms with van der Waals surface area (Å²) < 4.78 is 13.1. The highest BCUT2D eigenvalue weighted by atomic mass is 35.5. The predicted octanol–water partition coefficient (Wildman–Crippen LogP) is 2.04. The number of halogens is 2. The lowest BCUT2D eigenvalue weighted by Gasteiger charge is -2.23. The van der Waals surface area contributed by atoms with Gasteiger partial charge >= 0.3 is 0 Å². The Hall–Kier alpha value is -1.13. The number of piperidine rings is 1. The number of amides is 1. The molecule has 1 saturated heterocycles. The van der Waals surface area contributed by atoms with Crippen molar-refractivity contribution in [2.45, 2.75) is 25.8 Å². The zero-order valence-electron chi connectivity index (χ0n) is 10.3. The van der Waals surface area contributed by atoms with Crippen LogP contribution >= 0.6 is 12.4 Å². The molecule has 1 aliphatic heterocycles. The van der Waals surface area contributed by atoms with E-state index in [1.54, 1.807) is 13.0 Å². The molecular formula is C13H18ClFN2O. The fourth-order valence-electron chi connectivity index (χ4n) is 2.02. The van der Waals surface area contributed by atoms with Crippen LogP contribution in [-0.4, -0.2) is 25.0 Å². The minimum atomic E-state index is -0.275. The van der Waals surface area contributed by atoms with Gasteiger partial charge in [-0.15, -0.1) is 12.4 Å². The van der Waals surface area contributed by atoms with Gasteiger partial charge < -0.3 is 10.6 Å². The van der Waals surface area contributed by atoms with E-state index in [1.165, 1.54) is 12.1 Å². The first-order valence-corrected chi connectivity index (χ1v) is 5.94. The number of rotatable bonds is 2. The Morgan fingerprint density at radius 3 is 2.67 bits per heavy atom. The molecule has 0 bridgehead atoms. The Morgan fingerprint density at radius 1 is 1.39 bits per heavy atom. The molecular weight excluding hydrogens is 255 g/mol. The van der Waals surface area contributed by atoms with Gasteiger partial charge in [0.15, 0.2) is 0 Å². The lowest BCUT2D eigenvalue weighted by atomic mass is 10.1. The van der Waals surface area contributed by atoms with Crippen molar-refractivity contribution in [1.82, 2.24) is 10.6 Å². The van der Waals surface area contributed by atoms with Crippen LogP contribution < -0.4 is 10.6 Å². The molecule has 0 aromatic heterocycles. The number of aryl methyl sites for hydroxylation is 1. The average Bonchev–Trinajstić information content (AvgIpc) is 2.34. The maximum absolute atomic E-state index is 13.1. The van der Waals surface area contributed by atoms with Crippen LogP contribution in [0.1, 0.15) is 28.8 Å². The number of hydrogen-bond donors (Lipinski definition) is 2. The maximum atomic E-state index is 13.1. The third-order valence-electron chi connectivity index (χ3n) is 3.09. The largest absolute Gasteiger partial charge is 0.349 e. The van der Waals surface area contributed by atoms with Gasteiger partial charge in [0.25, 0.3) is 5.91 Å². The van der Waals surface area contributed by atoms with E-state index in [-0.39, 0.29) is 30.2 Å². The van der Waals surface area contributed by atoms with Crippen LogP contribution in [0.5, 0.6) is 0 Å². The van der Waals surface area contributed by atoms with E-state index < -0.39 is 0 Å². The van der Waals surface area contributed by atoms with Gasteiger partial charge in [0, 0.05) is 11.6 Å². The first kappa shape index (κ1) is 14.9. The second-order valence-electron chi connectivity index (χ2n) is 4.46. The lowest BCUT2D eigenvalue weighted by molar-refractivity contribution is 0.0929. The third kappa shape index (κ3) is 3.68. The first-order chi connectivity index (χ1) is 8.16. The Labute approximate surface area is 113 Å². The van der Waals surface area contributed by atoms with Crippen LogP contribution in [-0.2, 0) is 0 Å². The molecule has 1 aliphatic rings. The molecule has 0 aliphatic carbocycles. The Morgan fingerprint density at radius 2 is 2.06 bits per heavy atom. The van der Waals surface area contributed by atoms with Gasteiger partial charge in [-0.25, -0.2) is 4.39 Å². The van der Waals surface area contributed by atoms with Crippen molar-refractivity contribution in [3.8, 4) is 0 Å². The summed E-state index contributed by atoms with van der Waals surface area (Å²) in [7, 11) is 0. The highest BCUT2D eigenvalue weighted by molar-refractivity contribution is 5.94. The minimum absolute atomic E-state index is 0. The molecule has 0 atom stereocenters. The van der Waals surface area contributed by atoms with Crippen LogP contribution in [0.2, 0.25) is 0 Å². The highest BCUT2D eigenvalue weighted by Gasteiger charge is 2.16. The summed E-state index contributed by atoms with van der Waals surface area (Å²) in [6, 6.07) is 4.69. The van der Waals surface area contributed by atoms with Crippen molar-refractivity contribution in [1.29, 1.82) is 0 Å². The normalized spacial score (nSPS) is 15.9. The minimum Gasteiger partial charge on any atom is -0.349 e. The van der Waals surface area contributed by atoms with E-state index in [0.717, 1.165) is 25.9 Å². The van der Waals surface area contributed by atoms with Crippen LogP contribution in [0.25, 0.3) is 0 Å². The molecule has 5 heteroatoms. The number of carbonyl (C=O) groups is 1. The molecule has 1 aromatic carbocycles. The summed E-state index contributed by atoms with van der Waals surface area (Å²) in [4.78, 5) is 11.9. The predicted molar refractivity (Wildman–Crippen MR) is 71.7 cm³/mol. The monoisotopic (exact) mass is 272 g/mol. The number of benzene rings is 1. The van der Waals surface area contributed by atoms with Gasteiger partial charge in [-0.3, -0.25) is 4.79 Å². The summed E-state index contributed by atoms with van der Waals surface area (Å²) in [5.41, 5.74) is 1.03. The first-order valence-electron chi connectivity index (χ1n) is 5.94. The number of carbonyl (C=O) groups excluding carboxylic acids is 1. The van der Waals surface area contributed by atoms with Crippen molar-refractivity contribution in [2.75, 3.05) is 13.1 Å². The lowest BCUT2D eigenvalue weighted by Crippen LogP contribution is -2.42. The van der Waals surface area contributed by atoms with E-state index in [4.69, 9.17) is 0 Å². The van der Waals surface area contributed by atoms with Crippen LogP contribution in [0, 0.1) is 12.7 Å². The molecule has 3 nitrogen and oxygen atoms in total. The molecule has 0 saturated carbocycles. The molecule has 2 rings (SSSR count). The van der Waals surface area contributed by atoms with Gasteiger partial charge in [-0.05, 0) is 56.6 Å². The average molecular weight is 273 g/mol. The SMILES string of the molecule is Cc1cc(C(=O)NC2CCNCC2)ccc1F.Cl. The third-order valence-corrected chi connectivity index (χ3v) is 3.09. The summed E-state index contributed by atoms with van der Waals surface area (Å²) in [5.74, 6) is -0.386. The molecule has 1 aromatic rings. The van der Waals surface area contributed by atoms with Gasteiger partial charge in [0.05, 0.1) is 0 Å². The van der Waals surface area contributed by atoms with Crippen LogP contribution in [0.4, 0.5) is 4.39 Å². The zero-order chi connectivity index (χ0) is 12.3. The number of nitrogens with one attached hydrogen (secondary N) is 2. The Bertz CT molecular complexity index is 419. The standard InChI is InChI=1S/C13H17FN2O.ClH/c1-9-8-10(2-3-12(9)14)13(17)16-11-4-6-15-7-5-11;/h2-3,8,11,15H,4-7H2,1H3,(H,16,17);1H. The summed E-state index contributed by atoms with van der Waals surface area (Å²) in [5, 5.41) is 6.22. The van der Waals surface area contributed by atoms with Crippen molar-refractivity contribution in [3.05, 3.63) is 35.1 Å². The second kappa shape index (κ2) is 6.71. The highest BCUT2D eigenvalue weighted by Crippen LogP contribution is 2.10. The van der Waals surface area contributed by atoms with Gasteiger partial charge in [-0.2, -0.15) is 0 Å². The van der Waals surface area contributed by atoms with E-state index in [2.05, 4.69) is 10.6 Å². The van der Waals surface area contributed by atoms with Gasteiger partial charge in [-0.1, -0.05) is 0 Å². The van der Waals surface area contributed by atoms with Gasteiger partial charge in [0.1, 0.15) is 5.82 Å². The Kier molecular flexibility index (Phi) is 5.56. The molecule has 2 N–H and O–H groups in total. The van der Waals surface area contributed by atoms with Crippen molar-refractivity contribution in [2.24, 2.45) is 0 Å². The fourth-order valence-corrected chi connectivity index (χ4v) is 2.02. The van der Waals surface area contributed by atoms with E-state index in [0.29, 0.717) is 11.1 Å². The van der Waals surface area contributed by atoms with Crippen LogP contribution in [0.15, 0.2) is 18.2 Å². The van der Waals surface area contributed by atoms with Crippen molar-refractivity contribution >= 4 is 18.3 Å². The van der Waals surface area contributed by atoms with Crippen LogP contribution in [0.3, 0.4) is 0 Å². The Balaban J connectivity index is 0.00000162. The van der Waals surface area contributed by atoms with Crippen molar-refractivity contribution in [3.63, 3.8) is 0 Å². The molecule has 1 heterocycles. The molecule has 0 spiro atoms.